The maximum atomic E-state index is 12.6. The van der Waals surface area contributed by atoms with Crippen LogP contribution in [-0.2, 0) is 16.0 Å². The summed E-state index contributed by atoms with van der Waals surface area (Å²) in [7, 11) is 0. The standard InChI is InChI=1S/C18H18ClNO3S/c19-13-4-1-5-14(12-13)20-10-9-18(23,17(20)22)16(21)8-2-6-15-7-3-11-24-15/h1,3-5,7,11-12,23H,2,6,8-10H2/t18-/m0/s1. The van der Waals surface area contributed by atoms with Gasteiger partial charge in [0.25, 0.3) is 5.91 Å². The molecule has 2 aromatic rings. The van der Waals surface area contributed by atoms with Crippen molar-refractivity contribution in [1.82, 2.24) is 0 Å². The molecular weight excluding hydrogens is 346 g/mol. The lowest BCUT2D eigenvalue weighted by Crippen LogP contribution is -2.46. The van der Waals surface area contributed by atoms with Crippen LogP contribution in [0.1, 0.15) is 24.1 Å². The first-order valence-electron chi connectivity index (χ1n) is 7.86. The zero-order valence-electron chi connectivity index (χ0n) is 13.1. The number of ketones is 1. The van der Waals surface area contributed by atoms with E-state index in [-0.39, 0.29) is 12.8 Å². The van der Waals surface area contributed by atoms with Crippen molar-refractivity contribution in [3.8, 4) is 0 Å². The summed E-state index contributed by atoms with van der Waals surface area (Å²) in [4.78, 5) is 27.7. The first-order valence-corrected chi connectivity index (χ1v) is 9.12. The molecule has 1 aliphatic heterocycles. The number of hydrogen-bond donors (Lipinski definition) is 1. The number of carbonyl (C=O) groups is 2. The van der Waals surface area contributed by atoms with Crippen molar-refractivity contribution in [3.05, 3.63) is 51.7 Å². The number of anilines is 1. The van der Waals surface area contributed by atoms with Crippen LogP contribution in [0.5, 0.6) is 0 Å². The van der Waals surface area contributed by atoms with Gasteiger partial charge in [0.2, 0.25) is 5.60 Å². The van der Waals surface area contributed by atoms with Gasteiger partial charge in [0.05, 0.1) is 0 Å². The van der Waals surface area contributed by atoms with Gasteiger partial charge < -0.3 is 10.0 Å². The highest BCUT2D eigenvalue weighted by Gasteiger charge is 2.50. The Balaban J connectivity index is 1.64. The highest BCUT2D eigenvalue weighted by Crippen LogP contribution is 2.31. The van der Waals surface area contributed by atoms with Crippen LogP contribution in [0, 0.1) is 0 Å². The summed E-state index contributed by atoms with van der Waals surface area (Å²) in [6, 6.07) is 10.9. The number of benzene rings is 1. The molecule has 1 N–H and O–H groups in total. The van der Waals surface area contributed by atoms with Gasteiger partial charge in [-0.3, -0.25) is 9.59 Å². The summed E-state index contributed by atoms with van der Waals surface area (Å²) in [5.74, 6) is -0.945. The molecule has 0 spiro atoms. The quantitative estimate of drug-likeness (QED) is 0.799. The molecule has 3 rings (SSSR count). The highest BCUT2D eigenvalue weighted by molar-refractivity contribution is 7.09. The molecule has 126 valence electrons. The number of hydrogen-bond acceptors (Lipinski definition) is 4. The second-order valence-electron chi connectivity index (χ2n) is 5.90. The second kappa shape index (κ2) is 7.05. The number of Topliss-reactive ketones (excluding diaryl/α,β-unsaturated/α-hetero) is 1. The Kier molecular flexibility index (Phi) is 5.04. The molecule has 1 atom stereocenters. The zero-order valence-corrected chi connectivity index (χ0v) is 14.6. The number of nitrogens with zero attached hydrogens (tertiary/aromatic N) is 1. The fraction of sp³-hybridized carbons (Fsp3) is 0.333. The minimum absolute atomic E-state index is 0.121. The van der Waals surface area contributed by atoms with Gasteiger partial charge in [0.15, 0.2) is 5.78 Å². The fourth-order valence-electron chi connectivity index (χ4n) is 2.94. The predicted molar refractivity (Wildman–Crippen MR) is 95.6 cm³/mol. The smallest absolute Gasteiger partial charge is 0.266 e. The molecule has 0 radical (unpaired) electrons. The Labute approximate surface area is 149 Å². The molecule has 0 bridgehead atoms. The van der Waals surface area contributed by atoms with Crippen molar-refractivity contribution in [2.75, 3.05) is 11.4 Å². The fourth-order valence-corrected chi connectivity index (χ4v) is 3.87. The Bertz CT molecular complexity index is 746. The maximum Gasteiger partial charge on any atom is 0.266 e. The van der Waals surface area contributed by atoms with E-state index in [0.717, 1.165) is 6.42 Å². The molecule has 4 nitrogen and oxygen atoms in total. The minimum Gasteiger partial charge on any atom is -0.373 e. The van der Waals surface area contributed by atoms with Gasteiger partial charge in [-0.2, -0.15) is 0 Å². The van der Waals surface area contributed by atoms with Gasteiger partial charge in [-0.25, -0.2) is 0 Å². The zero-order chi connectivity index (χ0) is 17.2. The van der Waals surface area contributed by atoms with Crippen molar-refractivity contribution in [3.63, 3.8) is 0 Å². The summed E-state index contributed by atoms with van der Waals surface area (Å²) < 4.78 is 0. The van der Waals surface area contributed by atoms with E-state index >= 15 is 0 Å². The number of carbonyl (C=O) groups excluding carboxylic acids is 2. The van der Waals surface area contributed by atoms with Crippen LogP contribution in [0.2, 0.25) is 5.02 Å². The number of thiophene rings is 1. The molecule has 1 fully saturated rings. The maximum absolute atomic E-state index is 12.6. The van der Waals surface area contributed by atoms with E-state index in [0.29, 0.717) is 23.7 Å². The van der Waals surface area contributed by atoms with E-state index in [1.165, 1.54) is 9.78 Å². The summed E-state index contributed by atoms with van der Waals surface area (Å²) in [5, 5.41) is 13.1. The lowest BCUT2D eigenvalue weighted by Gasteiger charge is -2.21. The molecule has 1 aromatic carbocycles. The van der Waals surface area contributed by atoms with Crippen LogP contribution in [0.15, 0.2) is 41.8 Å². The van der Waals surface area contributed by atoms with Gasteiger partial charge in [-0.1, -0.05) is 23.7 Å². The summed E-state index contributed by atoms with van der Waals surface area (Å²) >= 11 is 7.60. The number of halogens is 1. The first-order chi connectivity index (χ1) is 11.5. The van der Waals surface area contributed by atoms with E-state index in [1.54, 1.807) is 35.6 Å². The van der Waals surface area contributed by atoms with Crippen LogP contribution in [0.25, 0.3) is 0 Å². The SMILES string of the molecule is O=C(CCCc1cccs1)[C@@]1(O)CCN(c2cccc(Cl)c2)C1=O. The van der Waals surface area contributed by atoms with Gasteiger partial charge in [-0.15, -0.1) is 11.3 Å². The lowest BCUT2D eigenvalue weighted by molar-refractivity contribution is -0.147. The van der Waals surface area contributed by atoms with Crippen molar-refractivity contribution in [1.29, 1.82) is 0 Å². The Morgan fingerprint density at radius 2 is 2.17 bits per heavy atom. The molecule has 1 saturated heterocycles. The molecule has 1 aromatic heterocycles. The van der Waals surface area contributed by atoms with Gasteiger partial charge in [-0.05, 0) is 42.5 Å². The molecule has 1 amide bonds. The molecule has 2 heterocycles. The molecule has 0 aliphatic carbocycles. The van der Waals surface area contributed by atoms with Crippen LogP contribution >= 0.6 is 22.9 Å². The van der Waals surface area contributed by atoms with Crippen molar-refractivity contribution < 1.29 is 14.7 Å². The summed E-state index contributed by atoms with van der Waals surface area (Å²) in [6.07, 6.45) is 1.73. The normalized spacial score (nSPS) is 20.6. The average molecular weight is 364 g/mol. The van der Waals surface area contributed by atoms with Gasteiger partial charge in [0, 0.05) is 35.0 Å². The van der Waals surface area contributed by atoms with Crippen molar-refractivity contribution in [2.45, 2.75) is 31.3 Å². The first kappa shape index (κ1) is 17.1. The molecule has 24 heavy (non-hydrogen) atoms. The highest BCUT2D eigenvalue weighted by atomic mass is 35.5. The monoisotopic (exact) mass is 363 g/mol. The molecule has 1 aliphatic rings. The van der Waals surface area contributed by atoms with Crippen LogP contribution in [-0.4, -0.2) is 28.9 Å². The predicted octanol–water partition coefficient (Wildman–Crippen LogP) is 3.46. The Hall–Kier alpha value is -1.69. The number of rotatable bonds is 6. The average Bonchev–Trinajstić information content (AvgIpc) is 3.17. The Morgan fingerprint density at radius 3 is 2.88 bits per heavy atom. The largest absolute Gasteiger partial charge is 0.373 e. The molecule has 0 saturated carbocycles. The van der Waals surface area contributed by atoms with Crippen LogP contribution in [0.3, 0.4) is 0 Å². The van der Waals surface area contributed by atoms with E-state index in [4.69, 9.17) is 11.6 Å². The van der Waals surface area contributed by atoms with Crippen LogP contribution < -0.4 is 4.90 Å². The lowest BCUT2D eigenvalue weighted by atomic mass is 9.93. The summed E-state index contributed by atoms with van der Waals surface area (Å²) in [5.41, 5.74) is -1.30. The van der Waals surface area contributed by atoms with Crippen molar-refractivity contribution >= 4 is 40.3 Å². The number of amides is 1. The number of aliphatic hydroxyl groups is 1. The molecule has 6 heteroatoms. The van der Waals surface area contributed by atoms with Gasteiger partial charge >= 0.3 is 0 Å². The Morgan fingerprint density at radius 1 is 1.33 bits per heavy atom. The molecule has 0 unspecified atom stereocenters. The van der Waals surface area contributed by atoms with E-state index in [1.807, 2.05) is 17.5 Å². The molecular formula is C18H18ClNO3S. The second-order valence-corrected chi connectivity index (χ2v) is 7.37. The van der Waals surface area contributed by atoms with Crippen LogP contribution in [0.4, 0.5) is 5.69 Å². The summed E-state index contributed by atoms with van der Waals surface area (Å²) in [6.45, 7) is 0.312. The van der Waals surface area contributed by atoms with E-state index in [2.05, 4.69) is 0 Å². The van der Waals surface area contributed by atoms with E-state index in [9.17, 15) is 14.7 Å². The topological polar surface area (TPSA) is 57.6 Å². The number of aryl methyl sites for hydroxylation is 1. The van der Waals surface area contributed by atoms with Gasteiger partial charge in [0.1, 0.15) is 0 Å². The third-order valence-electron chi connectivity index (χ3n) is 4.28. The third-order valence-corrected chi connectivity index (χ3v) is 5.46. The van der Waals surface area contributed by atoms with Crippen molar-refractivity contribution in [2.24, 2.45) is 0 Å². The van der Waals surface area contributed by atoms with E-state index < -0.39 is 17.3 Å². The third kappa shape index (κ3) is 3.38. The minimum atomic E-state index is -1.90.